The highest BCUT2D eigenvalue weighted by molar-refractivity contribution is 6.12. The number of aromatic nitrogens is 2. The van der Waals surface area contributed by atoms with Crippen LogP contribution in [0.15, 0.2) is 188 Å². The monoisotopic (exact) mass is 648 g/mol. The predicted octanol–water partition coefficient (Wildman–Crippen LogP) is 12.7. The fraction of sp³-hybridized carbons (Fsp3) is 0.0204. The molecule has 2 nitrogen and oxygen atoms in total. The summed E-state index contributed by atoms with van der Waals surface area (Å²) in [6.07, 6.45) is 0. The quantitative estimate of drug-likeness (QED) is 0.180. The van der Waals surface area contributed by atoms with Gasteiger partial charge in [-0.2, -0.15) is 0 Å². The molecule has 10 aromatic rings. The van der Waals surface area contributed by atoms with Crippen molar-refractivity contribution >= 4 is 43.6 Å². The summed E-state index contributed by atoms with van der Waals surface area (Å²) in [7, 11) is 0. The van der Waals surface area contributed by atoms with Crippen LogP contribution in [-0.4, -0.2) is 9.13 Å². The summed E-state index contributed by atoms with van der Waals surface area (Å²) in [5, 5.41) is 5.06. The molecule has 0 N–H and O–H groups in total. The first-order chi connectivity index (χ1) is 25.3. The van der Waals surface area contributed by atoms with Crippen molar-refractivity contribution in [1.82, 2.24) is 9.13 Å². The smallest absolute Gasteiger partial charge is 0.0542 e. The topological polar surface area (TPSA) is 9.86 Å². The van der Waals surface area contributed by atoms with Gasteiger partial charge in [-0.15, -0.1) is 0 Å². The maximum absolute atomic E-state index is 2.40. The number of para-hydroxylation sites is 3. The molecule has 0 saturated heterocycles. The van der Waals surface area contributed by atoms with Gasteiger partial charge in [-0.3, -0.25) is 0 Å². The molecule has 11 rings (SSSR count). The SMILES string of the molecule is c1ccc2c(c1)-c1ccccc1C2c1ccc(-c2ccc(-n3c4ccccc4c4cc(-n5c6ccccc6c6ccccc65)ccc43)cc2)cc1. The predicted molar refractivity (Wildman–Crippen MR) is 213 cm³/mol. The highest BCUT2D eigenvalue weighted by Crippen LogP contribution is 2.48. The fourth-order valence-corrected chi connectivity index (χ4v) is 8.76. The molecule has 8 aromatic carbocycles. The van der Waals surface area contributed by atoms with E-state index in [2.05, 4.69) is 197 Å². The normalized spacial score (nSPS) is 12.6. The van der Waals surface area contributed by atoms with Gasteiger partial charge in [-0.05, 0) is 87.5 Å². The number of hydrogen-bond acceptors (Lipinski definition) is 0. The minimum absolute atomic E-state index is 0.264. The van der Waals surface area contributed by atoms with E-state index in [9.17, 15) is 0 Å². The van der Waals surface area contributed by atoms with Gasteiger partial charge in [0.15, 0.2) is 0 Å². The number of nitrogens with zero attached hydrogens (tertiary/aromatic N) is 2. The molecule has 2 heteroatoms. The lowest BCUT2D eigenvalue weighted by molar-refractivity contribution is 1.02. The highest BCUT2D eigenvalue weighted by atomic mass is 15.0. The van der Waals surface area contributed by atoms with Crippen LogP contribution in [0.3, 0.4) is 0 Å². The zero-order valence-electron chi connectivity index (χ0n) is 27.9. The lowest BCUT2D eigenvalue weighted by Crippen LogP contribution is -1.99. The summed E-state index contributed by atoms with van der Waals surface area (Å²) in [5.41, 5.74) is 16.5. The summed E-state index contributed by atoms with van der Waals surface area (Å²) < 4.78 is 4.81. The van der Waals surface area contributed by atoms with Crippen LogP contribution in [0.4, 0.5) is 0 Å². The molecule has 1 aliphatic rings. The Morgan fingerprint density at radius 2 is 0.725 bits per heavy atom. The number of rotatable bonds is 4. The van der Waals surface area contributed by atoms with Gasteiger partial charge in [-0.25, -0.2) is 0 Å². The van der Waals surface area contributed by atoms with E-state index >= 15 is 0 Å². The molecule has 0 unspecified atom stereocenters. The molecule has 0 saturated carbocycles. The van der Waals surface area contributed by atoms with E-state index in [1.54, 1.807) is 0 Å². The van der Waals surface area contributed by atoms with E-state index in [0.29, 0.717) is 0 Å². The van der Waals surface area contributed by atoms with E-state index in [0.717, 1.165) is 5.69 Å². The Labute approximate surface area is 296 Å². The lowest BCUT2D eigenvalue weighted by Gasteiger charge is -2.15. The summed E-state index contributed by atoms with van der Waals surface area (Å²) >= 11 is 0. The number of hydrogen-bond donors (Lipinski definition) is 0. The van der Waals surface area contributed by atoms with Gasteiger partial charge in [0.2, 0.25) is 0 Å². The molecule has 238 valence electrons. The van der Waals surface area contributed by atoms with E-state index in [4.69, 9.17) is 0 Å². The van der Waals surface area contributed by atoms with Gasteiger partial charge in [-0.1, -0.05) is 140 Å². The zero-order valence-corrected chi connectivity index (χ0v) is 27.9. The van der Waals surface area contributed by atoms with Crippen LogP contribution >= 0.6 is 0 Å². The molecular weight excluding hydrogens is 617 g/mol. The van der Waals surface area contributed by atoms with E-state index in [1.165, 1.54) is 88.2 Å². The molecule has 0 bridgehead atoms. The Morgan fingerprint density at radius 1 is 0.314 bits per heavy atom. The fourth-order valence-electron chi connectivity index (χ4n) is 8.76. The van der Waals surface area contributed by atoms with Crippen molar-refractivity contribution in [3.63, 3.8) is 0 Å². The number of fused-ring (bicyclic) bond motifs is 9. The second-order valence-electron chi connectivity index (χ2n) is 13.7. The Kier molecular flexibility index (Phi) is 6.05. The molecular formula is C49H32N2. The minimum Gasteiger partial charge on any atom is -0.309 e. The van der Waals surface area contributed by atoms with Crippen LogP contribution < -0.4 is 0 Å². The van der Waals surface area contributed by atoms with E-state index in [1.807, 2.05) is 0 Å². The van der Waals surface area contributed by atoms with Crippen LogP contribution in [0, 0.1) is 0 Å². The molecule has 0 aliphatic heterocycles. The van der Waals surface area contributed by atoms with E-state index in [-0.39, 0.29) is 5.92 Å². The Morgan fingerprint density at radius 3 is 1.29 bits per heavy atom. The molecule has 0 atom stereocenters. The molecule has 1 aliphatic carbocycles. The van der Waals surface area contributed by atoms with Gasteiger partial charge in [0, 0.05) is 38.8 Å². The van der Waals surface area contributed by atoms with Gasteiger partial charge >= 0.3 is 0 Å². The third kappa shape index (κ3) is 4.17. The second kappa shape index (κ2) is 10.9. The molecule has 2 aromatic heterocycles. The zero-order chi connectivity index (χ0) is 33.5. The van der Waals surface area contributed by atoms with Crippen LogP contribution in [0.5, 0.6) is 0 Å². The summed E-state index contributed by atoms with van der Waals surface area (Å²) in [5.74, 6) is 0.264. The lowest BCUT2D eigenvalue weighted by atomic mass is 9.88. The largest absolute Gasteiger partial charge is 0.309 e. The van der Waals surface area contributed by atoms with Crippen LogP contribution in [0.25, 0.3) is 77.2 Å². The first-order valence-electron chi connectivity index (χ1n) is 17.7. The second-order valence-corrected chi connectivity index (χ2v) is 13.7. The number of benzene rings is 8. The molecule has 0 spiro atoms. The molecule has 51 heavy (non-hydrogen) atoms. The van der Waals surface area contributed by atoms with Crippen LogP contribution in [0.2, 0.25) is 0 Å². The van der Waals surface area contributed by atoms with Gasteiger partial charge in [0.05, 0.1) is 22.1 Å². The van der Waals surface area contributed by atoms with Gasteiger partial charge in [0.25, 0.3) is 0 Å². The Hall–Kier alpha value is -6.64. The van der Waals surface area contributed by atoms with Gasteiger partial charge in [0.1, 0.15) is 0 Å². The van der Waals surface area contributed by atoms with Gasteiger partial charge < -0.3 is 9.13 Å². The van der Waals surface area contributed by atoms with Crippen molar-refractivity contribution in [2.75, 3.05) is 0 Å². The molecule has 0 amide bonds. The van der Waals surface area contributed by atoms with Crippen molar-refractivity contribution in [2.24, 2.45) is 0 Å². The summed E-state index contributed by atoms with van der Waals surface area (Å²) in [6.45, 7) is 0. The maximum atomic E-state index is 2.40. The van der Waals surface area contributed by atoms with Crippen molar-refractivity contribution in [1.29, 1.82) is 0 Å². The minimum atomic E-state index is 0.264. The summed E-state index contributed by atoms with van der Waals surface area (Å²) in [4.78, 5) is 0. The third-order valence-electron chi connectivity index (χ3n) is 11.0. The third-order valence-corrected chi connectivity index (χ3v) is 11.0. The Balaban J connectivity index is 0.977. The average Bonchev–Trinajstić information content (AvgIpc) is 3.84. The molecule has 2 heterocycles. The molecule has 0 fully saturated rings. The Bertz CT molecular complexity index is 2860. The highest BCUT2D eigenvalue weighted by Gasteiger charge is 2.29. The van der Waals surface area contributed by atoms with Crippen molar-refractivity contribution < 1.29 is 0 Å². The van der Waals surface area contributed by atoms with Crippen LogP contribution in [0.1, 0.15) is 22.6 Å². The average molecular weight is 649 g/mol. The van der Waals surface area contributed by atoms with Crippen molar-refractivity contribution in [3.8, 4) is 33.6 Å². The first kappa shape index (κ1) is 28.2. The van der Waals surface area contributed by atoms with Crippen molar-refractivity contribution in [3.05, 3.63) is 205 Å². The molecule has 0 radical (unpaired) electrons. The standard InChI is InChI=1S/C49H32N2/c1-3-16-42-37(11-1)38-12-2-4-17-43(38)49(42)34-23-21-32(22-24-34)33-25-27-35(28-26-33)50-47-20-10-7-15-41(47)44-31-36(29-30-48(44)50)51-45-18-8-5-13-39(45)40-14-6-9-19-46(40)51/h1-31,49H. The van der Waals surface area contributed by atoms with Crippen LogP contribution in [-0.2, 0) is 0 Å². The first-order valence-corrected chi connectivity index (χ1v) is 17.7. The maximum Gasteiger partial charge on any atom is 0.0542 e. The van der Waals surface area contributed by atoms with Crippen molar-refractivity contribution in [2.45, 2.75) is 5.92 Å². The summed E-state index contributed by atoms with van der Waals surface area (Å²) in [6, 6.07) is 69.1. The van der Waals surface area contributed by atoms with E-state index < -0.39 is 0 Å².